The van der Waals surface area contributed by atoms with Crippen LogP contribution in [0.1, 0.15) is 148 Å². The van der Waals surface area contributed by atoms with Crippen LogP contribution in [-0.2, 0) is 85.1 Å². The Morgan fingerprint density at radius 3 is 1.34 bits per heavy atom. The normalized spacial score (nSPS) is 15.7. The van der Waals surface area contributed by atoms with Crippen LogP contribution in [-0.4, -0.2) is 106 Å². The summed E-state index contributed by atoms with van der Waals surface area (Å²) >= 11 is 0. The molecule has 0 saturated carbocycles. The van der Waals surface area contributed by atoms with Gasteiger partial charge in [0.1, 0.15) is 41.9 Å². The number of benzene rings is 6. The number of Topliss-reactive ketones (excluding diaryl/α,β-unsaturated/α-hetero) is 2. The molecule has 4 aliphatic rings. The number of nitrogens with zero attached hydrogens (tertiary/aromatic N) is 4. The largest absolute Gasteiger partial charge is 0.444 e. The van der Waals surface area contributed by atoms with Gasteiger partial charge in [0.25, 0.3) is 0 Å². The maximum Gasteiger partial charge on any atom is 0.407 e. The third-order valence-corrected chi connectivity index (χ3v) is 17.2. The summed E-state index contributed by atoms with van der Waals surface area (Å²) < 4.78 is 5.32. The third-order valence-electron chi connectivity index (χ3n) is 17.2. The summed E-state index contributed by atoms with van der Waals surface area (Å²) in [5.41, 5.74) is 15.5. The van der Waals surface area contributed by atoms with Crippen LogP contribution in [0, 0.1) is 22.7 Å². The quantitative estimate of drug-likeness (QED) is 0.0369. The molecule has 10 rings (SSSR count). The number of alkyl carbamates (subject to hydrolysis) is 1. The summed E-state index contributed by atoms with van der Waals surface area (Å²) in [6.45, 7) is 5.75. The van der Waals surface area contributed by atoms with Crippen molar-refractivity contribution in [3.8, 4) is 12.1 Å². The van der Waals surface area contributed by atoms with E-state index in [1.165, 1.54) is 9.80 Å². The van der Waals surface area contributed by atoms with Gasteiger partial charge in [-0.2, -0.15) is 10.5 Å². The number of carbonyl (C=O) groups excluding carboxylic acids is 9. The third kappa shape index (κ3) is 17.2. The highest BCUT2D eigenvalue weighted by Crippen LogP contribution is 2.33. The predicted octanol–water partition coefficient (Wildman–Crippen LogP) is 8.44. The van der Waals surface area contributed by atoms with Crippen molar-refractivity contribution in [1.29, 1.82) is 10.5 Å². The average molecular weight is 1260 g/mol. The van der Waals surface area contributed by atoms with Gasteiger partial charge in [-0.3, -0.25) is 38.4 Å². The van der Waals surface area contributed by atoms with Crippen LogP contribution in [0.3, 0.4) is 0 Å². The first-order valence-corrected chi connectivity index (χ1v) is 31.7. The van der Waals surface area contributed by atoms with E-state index in [1.807, 2.05) is 72.8 Å². The molecular formula is C73H78N10O10. The maximum atomic E-state index is 14.1. The van der Waals surface area contributed by atoms with Crippen molar-refractivity contribution in [3.63, 3.8) is 0 Å². The van der Waals surface area contributed by atoms with E-state index in [0.717, 1.165) is 83.0 Å². The van der Waals surface area contributed by atoms with Gasteiger partial charge in [0.15, 0.2) is 11.6 Å². The molecule has 20 heteroatoms. The molecule has 0 aromatic heterocycles. The van der Waals surface area contributed by atoms with E-state index in [-0.39, 0.29) is 101 Å². The number of nitrogens with two attached hydrogens (primary N) is 1. The fourth-order valence-corrected chi connectivity index (χ4v) is 12.4. The van der Waals surface area contributed by atoms with Crippen LogP contribution in [0.5, 0.6) is 0 Å². The number of hydrogen-bond donors (Lipinski definition) is 6. The van der Waals surface area contributed by atoms with Crippen LogP contribution in [0.15, 0.2) is 133 Å². The molecule has 0 radical (unpaired) electrons. The Hall–Kier alpha value is -10.3. The zero-order valence-electron chi connectivity index (χ0n) is 52.7. The molecule has 20 nitrogen and oxygen atoms in total. The van der Waals surface area contributed by atoms with Gasteiger partial charge < -0.3 is 46.9 Å². The molecule has 0 saturated heterocycles. The standard InChI is InChI=1S/C39H43N5O6.C34H35N5O4/c1-39(2,3)50-38(49)41-21-20-32(36(47)42-31-17-16-25-14-9-15-29(25)30(31)23-40)43-37(48)33-22-27-12-7-8-13-28(27)24-44(33)35(46)19-18-34(45)26-10-5-4-6-11-26;35-18-17-29(33(42)37-28-14-13-22-11-6-12-26(22)27(28)20-36)38-34(43)30-19-24-9-4-5-10-25(24)21-39(30)32(41)16-15-31(40)23-7-2-1-3-8-23/h4-8,10-13,16-17,32-33H,9,14-15,18-22,24H2,1-3H3,(H,41,49)(H,42,47)(H,43,48);1-5,7-10,13-14,29-30H,6,11-12,15-19,21,35H2,(H,37,42)(H,38,43)/t32-,33-;29-,30-/m00/s1. The van der Waals surface area contributed by atoms with E-state index >= 15 is 0 Å². The van der Waals surface area contributed by atoms with Gasteiger partial charge in [-0.1, -0.05) is 121 Å². The molecule has 2 aliphatic heterocycles. The molecule has 0 unspecified atom stereocenters. The lowest BCUT2D eigenvalue weighted by Crippen LogP contribution is -2.56. The zero-order valence-corrected chi connectivity index (χ0v) is 52.7. The number of ketones is 2. The number of nitrogens with one attached hydrogen (secondary N) is 5. The van der Waals surface area contributed by atoms with Crippen LogP contribution in [0.2, 0.25) is 0 Å². The lowest BCUT2D eigenvalue weighted by Gasteiger charge is -2.37. The van der Waals surface area contributed by atoms with Crippen molar-refractivity contribution in [1.82, 2.24) is 25.8 Å². The molecule has 6 aromatic carbocycles. The summed E-state index contributed by atoms with van der Waals surface area (Å²) in [7, 11) is 0. The molecule has 93 heavy (non-hydrogen) atoms. The van der Waals surface area contributed by atoms with Crippen LogP contribution < -0.4 is 32.3 Å². The van der Waals surface area contributed by atoms with Crippen molar-refractivity contribution in [3.05, 3.63) is 200 Å². The van der Waals surface area contributed by atoms with Crippen LogP contribution >= 0.6 is 0 Å². The van der Waals surface area contributed by atoms with E-state index in [4.69, 9.17) is 10.5 Å². The predicted molar refractivity (Wildman–Crippen MR) is 349 cm³/mol. The number of anilines is 2. The Labute approximate surface area is 541 Å². The first kappa shape index (κ1) is 67.1. The monoisotopic (exact) mass is 1250 g/mol. The van der Waals surface area contributed by atoms with E-state index in [1.54, 1.807) is 81.4 Å². The minimum atomic E-state index is -1.13. The van der Waals surface area contributed by atoms with Crippen molar-refractivity contribution >= 4 is 64.5 Å². The Balaban J connectivity index is 0.000000222. The van der Waals surface area contributed by atoms with Gasteiger partial charge in [0.05, 0.1) is 22.5 Å². The first-order valence-electron chi connectivity index (χ1n) is 31.7. The van der Waals surface area contributed by atoms with Crippen molar-refractivity contribution < 1.29 is 47.9 Å². The summed E-state index contributed by atoms with van der Waals surface area (Å²) in [6, 6.07) is 40.5. The second-order valence-corrected chi connectivity index (χ2v) is 24.7. The second kappa shape index (κ2) is 31.1. The van der Waals surface area contributed by atoms with Gasteiger partial charge in [0.2, 0.25) is 35.4 Å². The van der Waals surface area contributed by atoms with Gasteiger partial charge >= 0.3 is 6.09 Å². The number of carbonyl (C=O) groups is 9. The number of ether oxygens (including phenoxy) is 1. The van der Waals surface area contributed by atoms with E-state index in [2.05, 4.69) is 38.7 Å². The molecule has 7 N–H and O–H groups in total. The van der Waals surface area contributed by atoms with E-state index in [0.29, 0.717) is 33.6 Å². The highest BCUT2D eigenvalue weighted by molar-refractivity contribution is 6.02. The maximum absolute atomic E-state index is 14.1. The molecule has 7 amide bonds. The molecule has 2 aliphatic carbocycles. The second-order valence-electron chi connectivity index (χ2n) is 24.7. The summed E-state index contributed by atoms with van der Waals surface area (Å²) in [5.74, 6) is -3.04. The van der Waals surface area contributed by atoms with Crippen molar-refractivity contribution in [2.75, 3.05) is 23.7 Å². The minimum Gasteiger partial charge on any atom is -0.444 e. The molecule has 0 fully saturated rings. The molecule has 2 heterocycles. The summed E-state index contributed by atoms with van der Waals surface area (Å²) in [6.07, 6.45) is 5.09. The van der Waals surface area contributed by atoms with Gasteiger partial charge in [-0.15, -0.1) is 0 Å². The van der Waals surface area contributed by atoms with E-state index in [9.17, 15) is 53.7 Å². The number of hydrogen-bond acceptors (Lipinski definition) is 13. The number of aryl methyl sites for hydroxylation is 2. The Kier molecular flexibility index (Phi) is 22.5. The molecule has 6 aromatic rings. The summed E-state index contributed by atoms with van der Waals surface area (Å²) in [4.78, 5) is 123. The number of amides is 7. The highest BCUT2D eigenvalue weighted by atomic mass is 16.6. The Morgan fingerprint density at radius 1 is 0.527 bits per heavy atom. The fraction of sp³-hybridized carbons (Fsp3) is 0.356. The average Bonchev–Trinajstić information content (AvgIpc) is 1.95. The minimum absolute atomic E-state index is 0.000315. The van der Waals surface area contributed by atoms with Gasteiger partial charge in [-0.05, 0) is 135 Å². The highest BCUT2D eigenvalue weighted by Gasteiger charge is 2.39. The number of fused-ring (bicyclic) bond motifs is 4. The SMILES string of the molecule is CC(C)(C)OC(=O)NCC[C@H](NC(=O)[C@@H]1Cc2ccccc2CN1C(=O)CCC(=O)c1ccccc1)C(=O)Nc1ccc2c(c1C#N)CCC2.N#Cc1c(NC(=O)[C@H](CCN)NC(=O)[C@@H]2Cc3ccccc3CN2C(=O)CCC(=O)c2ccccc2)ccc2c1CCC2. The molecule has 0 spiro atoms. The van der Waals surface area contributed by atoms with E-state index < -0.39 is 59.5 Å². The van der Waals surface area contributed by atoms with Crippen LogP contribution in [0.4, 0.5) is 16.2 Å². The van der Waals surface area contributed by atoms with Crippen LogP contribution in [0.25, 0.3) is 0 Å². The number of nitriles is 2. The summed E-state index contributed by atoms with van der Waals surface area (Å²) in [5, 5.41) is 33.7. The molecule has 0 bridgehead atoms. The van der Waals surface area contributed by atoms with Crippen molar-refractivity contribution in [2.45, 2.75) is 154 Å². The fourth-order valence-electron chi connectivity index (χ4n) is 12.4. The number of rotatable bonds is 21. The molecule has 4 atom stereocenters. The Morgan fingerprint density at radius 2 is 0.935 bits per heavy atom. The topological polar surface area (TPSA) is 303 Å². The van der Waals surface area contributed by atoms with Gasteiger partial charge in [-0.25, -0.2) is 4.79 Å². The zero-order chi connectivity index (χ0) is 66.2. The smallest absolute Gasteiger partial charge is 0.407 e. The molecular weight excluding hydrogens is 1180 g/mol. The lowest BCUT2D eigenvalue weighted by molar-refractivity contribution is -0.142. The van der Waals surface area contributed by atoms with Crippen molar-refractivity contribution in [2.24, 2.45) is 5.73 Å². The lowest BCUT2D eigenvalue weighted by atomic mass is 9.92. The first-order chi connectivity index (χ1) is 44.8. The van der Waals surface area contributed by atoms with Gasteiger partial charge in [0, 0.05) is 69.3 Å². The molecule has 480 valence electrons. The Bertz CT molecular complexity index is 3890.